The van der Waals surface area contributed by atoms with E-state index in [9.17, 15) is 14.9 Å². The van der Waals surface area contributed by atoms with Crippen molar-refractivity contribution in [2.24, 2.45) is 5.92 Å². The Labute approximate surface area is 338 Å². The molecule has 296 valence electrons. The molecule has 3 aliphatic rings. The third-order valence-electron chi connectivity index (χ3n) is 11.8. The van der Waals surface area contributed by atoms with Crippen molar-refractivity contribution in [1.29, 1.82) is 5.26 Å². The summed E-state index contributed by atoms with van der Waals surface area (Å²) >= 11 is 1.58. The van der Waals surface area contributed by atoms with Crippen molar-refractivity contribution in [3.63, 3.8) is 0 Å². The first-order chi connectivity index (χ1) is 28.5. The van der Waals surface area contributed by atoms with Crippen molar-refractivity contribution in [2.45, 2.75) is 56.5 Å². The number of fused-ring (bicyclic) bond motifs is 3. The van der Waals surface area contributed by atoms with Gasteiger partial charge in [-0.15, -0.1) is 10.2 Å². The van der Waals surface area contributed by atoms with Gasteiger partial charge in [-0.25, -0.2) is 9.50 Å². The zero-order valence-electron chi connectivity index (χ0n) is 32.1. The lowest BCUT2D eigenvalue weighted by molar-refractivity contribution is -0.122. The summed E-state index contributed by atoms with van der Waals surface area (Å²) in [6.45, 7) is 4.87. The average Bonchev–Trinajstić information content (AvgIpc) is 4.09. The van der Waals surface area contributed by atoms with Gasteiger partial charge in [-0.2, -0.15) is 10.4 Å². The molecule has 0 aliphatic carbocycles. The largest absolute Gasteiger partial charge is 0.363 e. The topological polar surface area (TPSA) is 187 Å². The first kappa shape index (κ1) is 37.3. The molecule has 3 aliphatic heterocycles. The maximum atomic E-state index is 12.4. The molecule has 9 heterocycles. The van der Waals surface area contributed by atoms with Gasteiger partial charge in [-0.3, -0.25) is 14.7 Å². The number of rotatable bonds is 13. The van der Waals surface area contributed by atoms with E-state index in [1.54, 1.807) is 53.8 Å². The number of nitrogens with one attached hydrogen (secondary N) is 2. The molecule has 2 bridgehead atoms. The molecule has 2 N–H and O–H groups in total. The quantitative estimate of drug-likeness (QED) is 0.144. The van der Waals surface area contributed by atoms with Crippen molar-refractivity contribution in [2.75, 3.05) is 54.9 Å². The number of aromatic nitrogens is 7. The molecule has 6 aromatic heterocycles. The van der Waals surface area contributed by atoms with Crippen LogP contribution in [-0.2, 0) is 9.59 Å². The summed E-state index contributed by atoms with van der Waals surface area (Å²) < 4.78 is 6.88. The normalized spacial score (nSPS) is 19.0. The van der Waals surface area contributed by atoms with Crippen LogP contribution in [0.2, 0.25) is 0 Å². The second-order valence-electron chi connectivity index (χ2n) is 15.2. The minimum Gasteiger partial charge on any atom is -0.363 e. The molecule has 16 nitrogen and oxygen atoms in total. The predicted octanol–water partition coefficient (Wildman–Crippen LogP) is 5.29. The number of hydrogen-bond donors (Lipinski definition) is 2. The summed E-state index contributed by atoms with van der Waals surface area (Å²) in [5.74, 6) is 1.10. The van der Waals surface area contributed by atoms with Crippen molar-refractivity contribution in [1.82, 2.24) is 45.2 Å². The number of piperazine rings is 1. The molecule has 0 radical (unpaired) electrons. The van der Waals surface area contributed by atoms with Crippen LogP contribution in [0.1, 0.15) is 55.6 Å². The van der Waals surface area contributed by atoms with Gasteiger partial charge < -0.3 is 29.8 Å². The maximum Gasteiger partial charge on any atom is 0.227 e. The smallest absolute Gasteiger partial charge is 0.227 e. The molecular formula is C41H43N13O3S. The van der Waals surface area contributed by atoms with Gasteiger partial charge in [0.25, 0.3) is 0 Å². The molecule has 0 saturated carbocycles. The highest BCUT2D eigenvalue weighted by atomic mass is 32.1. The summed E-state index contributed by atoms with van der Waals surface area (Å²) in [6.07, 6.45) is 14.6. The molecule has 9 rings (SSSR count). The van der Waals surface area contributed by atoms with Crippen LogP contribution in [0.25, 0.3) is 27.5 Å². The zero-order chi connectivity index (χ0) is 39.6. The number of hydrogen-bond acceptors (Lipinski definition) is 15. The number of nitrogens with zero attached hydrogens (tertiary/aromatic N) is 11. The fourth-order valence-corrected chi connectivity index (χ4v) is 9.62. The van der Waals surface area contributed by atoms with E-state index in [0.29, 0.717) is 47.8 Å². The second-order valence-corrected chi connectivity index (χ2v) is 16.2. The first-order valence-corrected chi connectivity index (χ1v) is 20.5. The van der Waals surface area contributed by atoms with Gasteiger partial charge in [0.05, 0.1) is 57.7 Å². The van der Waals surface area contributed by atoms with Crippen molar-refractivity contribution >= 4 is 51.4 Å². The molecule has 0 aromatic carbocycles. The molecule has 6 aromatic rings. The third-order valence-corrected chi connectivity index (χ3v) is 12.8. The van der Waals surface area contributed by atoms with E-state index in [2.05, 4.69) is 46.8 Å². The van der Waals surface area contributed by atoms with E-state index in [0.717, 1.165) is 95.8 Å². The molecule has 3 atom stereocenters. The fraction of sp³-hybridized carbons (Fsp3) is 0.390. The van der Waals surface area contributed by atoms with Gasteiger partial charge in [0, 0.05) is 70.7 Å². The SMILES string of the molecule is CNC(=O)C(CCC=O)c1ccc(N2CCC(CN3C4CCC3CN(c3nnc(-c5cnc(-c6ccc7cc(C#N)cnn67)cc5Nc5cnoc5)s3)C4)CC2)nc1. The fourth-order valence-electron chi connectivity index (χ4n) is 8.73. The Balaban J connectivity index is 0.844. The third kappa shape index (κ3) is 7.48. The van der Waals surface area contributed by atoms with Crippen molar-refractivity contribution in [3.8, 4) is 28.0 Å². The standard InChI is InChI=1S/C41H43N13O3S/c1-43-39(56)33(3-2-14-55)28-4-9-38(45-19-28)51-12-10-26(11-13-51)22-53-31-5-6-32(53)24-52(23-31)41-50-49-40(58-41)34-21-44-36(16-35(34)48-29-20-47-57-25-29)37-8-7-30-15-27(17-42)18-46-54(30)37/h4,7-9,14-16,18-21,25-26,31-33H,2-3,5-6,10-13,22-24H2,1H3,(H,43,56)(H,44,48). The molecular weight excluding hydrogens is 755 g/mol. The van der Waals surface area contributed by atoms with Crippen LogP contribution in [0.3, 0.4) is 0 Å². The molecule has 3 saturated heterocycles. The maximum absolute atomic E-state index is 12.4. The van der Waals surface area contributed by atoms with Crippen LogP contribution in [0, 0.1) is 17.2 Å². The van der Waals surface area contributed by atoms with Gasteiger partial charge in [-0.1, -0.05) is 22.6 Å². The van der Waals surface area contributed by atoms with Gasteiger partial charge in [0.1, 0.15) is 24.4 Å². The Hall–Kier alpha value is -6.25. The zero-order valence-corrected chi connectivity index (χ0v) is 32.9. The average molecular weight is 798 g/mol. The monoisotopic (exact) mass is 797 g/mol. The summed E-state index contributed by atoms with van der Waals surface area (Å²) in [4.78, 5) is 40.5. The summed E-state index contributed by atoms with van der Waals surface area (Å²) in [5.41, 5.74) is 5.93. The Kier molecular flexibility index (Phi) is 10.5. The Morgan fingerprint density at radius 3 is 2.59 bits per heavy atom. The van der Waals surface area contributed by atoms with Crippen LogP contribution in [0.5, 0.6) is 0 Å². The number of carbonyl (C=O) groups is 2. The van der Waals surface area contributed by atoms with E-state index in [-0.39, 0.29) is 11.8 Å². The highest BCUT2D eigenvalue weighted by Crippen LogP contribution is 2.40. The molecule has 3 unspecified atom stereocenters. The van der Waals surface area contributed by atoms with Gasteiger partial charge >= 0.3 is 0 Å². The van der Waals surface area contributed by atoms with Crippen LogP contribution < -0.4 is 20.4 Å². The van der Waals surface area contributed by atoms with E-state index < -0.39 is 0 Å². The predicted molar refractivity (Wildman–Crippen MR) is 219 cm³/mol. The Bertz CT molecular complexity index is 2420. The lowest BCUT2D eigenvalue weighted by Gasteiger charge is -2.43. The molecule has 58 heavy (non-hydrogen) atoms. The Morgan fingerprint density at radius 2 is 1.86 bits per heavy atom. The minimum absolute atomic E-state index is 0.0924. The number of aldehydes is 1. The summed E-state index contributed by atoms with van der Waals surface area (Å²) in [5, 5.41) is 34.9. The van der Waals surface area contributed by atoms with Crippen LogP contribution in [-0.4, -0.2) is 104 Å². The summed E-state index contributed by atoms with van der Waals surface area (Å²) in [7, 11) is 1.62. The number of anilines is 4. The van der Waals surface area contributed by atoms with Gasteiger partial charge in [0.15, 0.2) is 5.01 Å². The van der Waals surface area contributed by atoms with Crippen LogP contribution in [0.4, 0.5) is 22.3 Å². The molecule has 3 fully saturated rings. The van der Waals surface area contributed by atoms with E-state index >= 15 is 0 Å². The molecule has 17 heteroatoms. The number of carbonyl (C=O) groups excluding carboxylic acids is 2. The molecule has 1 amide bonds. The lowest BCUT2D eigenvalue weighted by atomic mass is 9.94. The van der Waals surface area contributed by atoms with Gasteiger partial charge in [-0.05, 0) is 73.9 Å². The number of piperidine rings is 1. The van der Waals surface area contributed by atoms with Gasteiger partial charge in [0.2, 0.25) is 11.0 Å². The lowest BCUT2D eigenvalue weighted by Crippen LogP contribution is -2.55. The van der Waals surface area contributed by atoms with E-state index in [4.69, 9.17) is 19.6 Å². The number of likely N-dealkylation sites (N-methyl/N-ethyl adjacent to an activating group) is 1. The Morgan fingerprint density at radius 1 is 1.02 bits per heavy atom. The second kappa shape index (κ2) is 16.3. The van der Waals surface area contributed by atoms with Crippen molar-refractivity contribution < 1.29 is 14.1 Å². The van der Waals surface area contributed by atoms with Crippen LogP contribution >= 0.6 is 11.3 Å². The molecule has 0 spiro atoms. The van der Waals surface area contributed by atoms with E-state index in [1.165, 1.54) is 12.8 Å². The first-order valence-electron chi connectivity index (χ1n) is 19.7. The number of pyridine rings is 2. The van der Waals surface area contributed by atoms with E-state index in [1.807, 2.05) is 36.5 Å². The number of amides is 1. The highest BCUT2D eigenvalue weighted by molar-refractivity contribution is 7.18. The van der Waals surface area contributed by atoms with Crippen molar-refractivity contribution in [3.05, 3.63) is 78.6 Å². The summed E-state index contributed by atoms with van der Waals surface area (Å²) in [6, 6.07) is 14.7. The minimum atomic E-state index is -0.374. The van der Waals surface area contributed by atoms with Crippen LogP contribution in [0.15, 0.2) is 72.0 Å². The highest BCUT2D eigenvalue weighted by Gasteiger charge is 2.42. The number of nitriles is 1.